The van der Waals surface area contributed by atoms with Crippen LogP contribution in [0, 0.1) is 5.92 Å². The van der Waals surface area contributed by atoms with Crippen LogP contribution < -0.4 is 5.32 Å². The molecule has 0 unspecified atom stereocenters. The zero-order chi connectivity index (χ0) is 14.3. The standard InChI is InChI=1S/C14H25N3O2/c1-4-5-6-9-15-13(18)12-7-10-17(11-8-12)14(19)16(2)3/h4-5,12H,6-11H2,1-3H3,(H,15,18)/b5-4+. The van der Waals surface area contributed by atoms with Gasteiger partial charge in [0.2, 0.25) is 5.91 Å². The van der Waals surface area contributed by atoms with Gasteiger partial charge in [0.1, 0.15) is 0 Å². The zero-order valence-corrected chi connectivity index (χ0v) is 12.2. The van der Waals surface area contributed by atoms with Gasteiger partial charge in [0, 0.05) is 39.6 Å². The molecule has 1 aliphatic rings. The number of urea groups is 1. The SMILES string of the molecule is C/C=C/CCNC(=O)C1CCN(C(=O)N(C)C)CC1. The summed E-state index contributed by atoms with van der Waals surface area (Å²) in [6.07, 6.45) is 6.42. The van der Waals surface area contributed by atoms with E-state index in [4.69, 9.17) is 0 Å². The first-order valence-corrected chi connectivity index (χ1v) is 6.91. The smallest absolute Gasteiger partial charge is 0.319 e. The predicted octanol–water partition coefficient (Wildman–Crippen LogP) is 1.46. The number of likely N-dealkylation sites (tertiary alicyclic amines) is 1. The van der Waals surface area contributed by atoms with Gasteiger partial charge in [0.15, 0.2) is 0 Å². The number of hydrogen-bond donors (Lipinski definition) is 1. The second-order valence-electron chi connectivity index (χ2n) is 5.09. The van der Waals surface area contributed by atoms with Gasteiger partial charge in [-0.2, -0.15) is 0 Å². The largest absolute Gasteiger partial charge is 0.356 e. The van der Waals surface area contributed by atoms with Gasteiger partial charge < -0.3 is 15.1 Å². The molecular weight excluding hydrogens is 242 g/mol. The normalized spacial score (nSPS) is 16.7. The summed E-state index contributed by atoms with van der Waals surface area (Å²) in [5, 5.41) is 2.95. The molecule has 1 fully saturated rings. The summed E-state index contributed by atoms with van der Waals surface area (Å²) in [6.45, 7) is 4.01. The molecule has 0 aliphatic carbocycles. The minimum absolute atomic E-state index is 0.0342. The molecule has 1 saturated heterocycles. The van der Waals surface area contributed by atoms with Crippen LogP contribution >= 0.6 is 0 Å². The number of nitrogens with one attached hydrogen (secondary N) is 1. The van der Waals surface area contributed by atoms with Crippen LogP contribution in [-0.2, 0) is 4.79 Å². The number of carbonyl (C=O) groups excluding carboxylic acids is 2. The highest BCUT2D eigenvalue weighted by molar-refractivity contribution is 5.79. The fourth-order valence-electron chi connectivity index (χ4n) is 2.21. The van der Waals surface area contributed by atoms with E-state index in [0.717, 1.165) is 19.3 Å². The summed E-state index contributed by atoms with van der Waals surface area (Å²) in [6, 6.07) is 0.0342. The lowest BCUT2D eigenvalue weighted by Gasteiger charge is -2.33. The quantitative estimate of drug-likeness (QED) is 0.619. The fourth-order valence-corrected chi connectivity index (χ4v) is 2.21. The van der Waals surface area contributed by atoms with Crippen molar-refractivity contribution >= 4 is 11.9 Å². The van der Waals surface area contributed by atoms with E-state index in [1.165, 1.54) is 0 Å². The molecule has 108 valence electrons. The molecule has 0 spiro atoms. The van der Waals surface area contributed by atoms with Crippen molar-refractivity contribution in [2.45, 2.75) is 26.2 Å². The number of carbonyl (C=O) groups is 2. The van der Waals surface area contributed by atoms with Crippen LogP contribution in [0.2, 0.25) is 0 Å². The number of nitrogens with zero attached hydrogens (tertiary/aromatic N) is 2. The van der Waals surface area contributed by atoms with Crippen molar-refractivity contribution in [2.75, 3.05) is 33.7 Å². The van der Waals surface area contributed by atoms with Crippen molar-refractivity contribution in [3.05, 3.63) is 12.2 Å². The van der Waals surface area contributed by atoms with Gasteiger partial charge in [-0.25, -0.2) is 4.79 Å². The Bertz CT molecular complexity index is 332. The van der Waals surface area contributed by atoms with Crippen LogP contribution in [0.5, 0.6) is 0 Å². The lowest BCUT2D eigenvalue weighted by Crippen LogP contribution is -2.46. The number of allylic oxidation sites excluding steroid dienone is 1. The van der Waals surface area contributed by atoms with Crippen molar-refractivity contribution in [1.29, 1.82) is 0 Å². The van der Waals surface area contributed by atoms with Crippen molar-refractivity contribution < 1.29 is 9.59 Å². The van der Waals surface area contributed by atoms with Crippen LogP contribution in [0.4, 0.5) is 4.79 Å². The van der Waals surface area contributed by atoms with E-state index in [-0.39, 0.29) is 17.9 Å². The monoisotopic (exact) mass is 267 g/mol. The Labute approximate surface area is 115 Å². The maximum Gasteiger partial charge on any atom is 0.319 e. The molecule has 0 bridgehead atoms. The summed E-state index contributed by atoms with van der Waals surface area (Å²) in [7, 11) is 3.50. The molecule has 5 heteroatoms. The molecule has 3 amide bonds. The summed E-state index contributed by atoms with van der Waals surface area (Å²) in [5.41, 5.74) is 0. The van der Waals surface area contributed by atoms with Crippen LogP contribution in [0.3, 0.4) is 0 Å². The summed E-state index contributed by atoms with van der Waals surface area (Å²) in [5.74, 6) is 0.179. The first kappa shape index (κ1) is 15.5. The van der Waals surface area contributed by atoms with Gasteiger partial charge in [0.25, 0.3) is 0 Å². The molecule has 1 rings (SSSR count). The first-order chi connectivity index (χ1) is 9.06. The molecule has 0 atom stereocenters. The van der Waals surface area contributed by atoms with Crippen molar-refractivity contribution in [3.8, 4) is 0 Å². The van der Waals surface area contributed by atoms with Gasteiger partial charge in [-0.05, 0) is 26.2 Å². The zero-order valence-electron chi connectivity index (χ0n) is 12.2. The summed E-state index contributed by atoms with van der Waals surface area (Å²) in [4.78, 5) is 27.1. The van der Waals surface area contributed by atoms with Crippen LogP contribution in [0.25, 0.3) is 0 Å². The molecule has 0 aromatic rings. The van der Waals surface area contributed by atoms with E-state index < -0.39 is 0 Å². The third kappa shape index (κ3) is 4.93. The van der Waals surface area contributed by atoms with Crippen molar-refractivity contribution in [2.24, 2.45) is 5.92 Å². The average molecular weight is 267 g/mol. The van der Waals surface area contributed by atoms with Gasteiger partial charge >= 0.3 is 6.03 Å². The fraction of sp³-hybridized carbons (Fsp3) is 0.714. The molecule has 1 N–H and O–H groups in total. The van der Waals surface area contributed by atoms with E-state index >= 15 is 0 Å². The molecular formula is C14H25N3O2. The molecule has 1 aliphatic heterocycles. The minimum Gasteiger partial charge on any atom is -0.356 e. The molecule has 0 radical (unpaired) electrons. The van der Waals surface area contributed by atoms with E-state index in [2.05, 4.69) is 5.32 Å². The summed E-state index contributed by atoms with van der Waals surface area (Å²) < 4.78 is 0. The Morgan fingerprint density at radius 3 is 2.47 bits per heavy atom. The predicted molar refractivity (Wildman–Crippen MR) is 75.8 cm³/mol. The third-order valence-corrected chi connectivity index (χ3v) is 3.36. The number of hydrogen-bond acceptors (Lipinski definition) is 2. The Balaban J connectivity index is 2.29. The molecule has 0 aromatic heterocycles. The van der Waals surface area contributed by atoms with E-state index in [9.17, 15) is 9.59 Å². The average Bonchev–Trinajstić information content (AvgIpc) is 2.42. The highest BCUT2D eigenvalue weighted by Crippen LogP contribution is 2.18. The topological polar surface area (TPSA) is 52.7 Å². The second kappa shape index (κ2) is 7.81. The van der Waals surface area contributed by atoms with Crippen molar-refractivity contribution in [3.63, 3.8) is 0 Å². The maximum absolute atomic E-state index is 11.9. The molecule has 1 heterocycles. The van der Waals surface area contributed by atoms with Gasteiger partial charge in [-0.3, -0.25) is 4.79 Å². The maximum atomic E-state index is 11.9. The van der Waals surface area contributed by atoms with E-state index in [1.807, 2.05) is 24.0 Å². The summed E-state index contributed by atoms with van der Waals surface area (Å²) >= 11 is 0. The van der Waals surface area contributed by atoms with E-state index in [0.29, 0.717) is 19.6 Å². The third-order valence-electron chi connectivity index (χ3n) is 3.36. The second-order valence-corrected chi connectivity index (χ2v) is 5.09. The number of rotatable bonds is 4. The highest BCUT2D eigenvalue weighted by Gasteiger charge is 2.27. The Morgan fingerprint density at radius 2 is 1.95 bits per heavy atom. The van der Waals surface area contributed by atoms with Crippen LogP contribution in [-0.4, -0.2) is 55.5 Å². The lowest BCUT2D eigenvalue weighted by molar-refractivity contribution is -0.126. The van der Waals surface area contributed by atoms with Gasteiger partial charge in [-0.15, -0.1) is 0 Å². The van der Waals surface area contributed by atoms with Gasteiger partial charge in [0.05, 0.1) is 0 Å². The molecule has 5 nitrogen and oxygen atoms in total. The lowest BCUT2D eigenvalue weighted by atomic mass is 9.96. The van der Waals surface area contributed by atoms with Crippen molar-refractivity contribution in [1.82, 2.24) is 15.1 Å². The van der Waals surface area contributed by atoms with Crippen LogP contribution in [0.15, 0.2) is 12.2 Å². The van der Waals surface area contributed by atoms with Gasteiger partial charge in [-0.1, -0.05) is 12.2 Å². The number of piperidine rings is 1. The Hall–Kier alpha value is -1.52. The highest BCUT2D eigenvalue weighted by atomic mass is 16.2. The van der Waals surface area contributed by atoms with Crippen LogP contribution in [0.1, 0.15) is 26.2 Å². The Kier molecular flexibility index (Phi) is 6.39. The molecule has 19 heavy (non-hydrogen) atoms. The minimum atomic E-state index is 0.0342. The number of amides is 3. The Morgan fingerprint density at radius 1 is 1.32 bits per heavy atom. The van der Waals surface area contributed by atoms with E-state index in [1.54, 1.807) is 19.0 Å². The molecule has 0 aromatic carbocycles. The first-order valence-electron chi connectivity index (χ1n) is 6.91. The molecule has 0 saturated carbocycles.